The van der Waals surface area contributed by atoms with Gasteiger partial charge >= 0.3 is 0 Å². The molecule has 1 aromatic rings. The third-order valence-corrected chi connectivity index (χ3v) is 9.35. The molecule has 1 amide bonds. The van der Waals surface area contributed by atoms with Crippen molar-refractivity contribution in [3.63, 3.8) is 0 Å². The number of amides is 1. The lowest BCUT2D eigenvalue weighted by Crippen LogP contribution is -2.59. The Morgan fingerprint density at radius 1 is 0.968 bits per heavy atom. The minimum absolute atomic E-state index is 0.0227. The van der Waals surface area contributed by atoms with Crippen LogP contribution in [0.5, 0.6) is 11.5 Å². The van der Waals surface area contributed by atoms with E-state index in [1.807, 2.05) is 18.2 Å². The topological polar surface area (TPSA) is 55.8 Å². The average Bonchev–Trinajstić information content (AvgIpc) is 2.76. The van der Waals surface area contributed by atoms with E-state index in [2.05, 4.69) is 20.8 Å². The number of hydrogen-bond acceptors (Lipinski definition) is 4. The van der Waals surface area contributed by atoms with Crippen LogP contribution in [0.15, 0.2) is 18.2 Å². The van der Waals surface area contributed by atoms with Crippen LogP contribution in [0.4, 0.5) is 0 Å². The van der Waals surface area contributed by atoms with Gasteiger partial charge in [0.25, 0.3) is 0 Å². The molecule has 4 aliphatic carbocycles. The minimum Gasteiger partial charge on any atom is -0.486 e. The van der Waals surface area contributed by atoms with Gasteiger partial charge in [-0.1, -0.05) is 15.9 Å². The van der Waals surface area contributed by atoms with E-state index >= 15 is 0 Å². The van der Waals surface area contributed by atoms with E-state index in [1.54, 1.807) is 0 Å². The second-order valence-electron chi connectivity index (χ2n) is 10.7. The number of benzene rings is 1. The monoisotopic (exact) mass is 487 g/mol. The molecule has 5 fully saturated rings. The Balaban J connectivity index is 1.12. The van der Waals surface area contributed by atoms with Crippen LogP contribution in [0.25, 0.3) is 0 Å². The summed E-state index contributed by atoms with van der Waals surface area (Å²) in [7, 11) is 0. The lowest BCUT2D eigenvalue weighted by Gasteiger charge is -2.60. The molecule has 2 atom stereocenters. The number of carbonyl (C=O) groups is 2. The van der Waals surface area contributed by atoms with Crippen molar-refractivity contribution in [2.75, 3.05) is 26.3 Å². The molecule has 0 N–H and O–H groups in total. The molecule has 6 heteroatoms. The SMILES string of the molecule is O=C(c1ccc2c(c1)OCCO2)C1CCN(C(=O)C23CC4CC(CC(Br)(C4)C2)C3)CC1. The lowest BCUT2D eigenvalue weighted by molar-refractivity contribution is -0.156. The highest BCUT2D eigenvalue weighted by Crippen LogP contribution is 2.65. The normalized spacial score (nSPS) is 36.5. The summed E-state index contributed by atoms with van der Waals surface area (Å²) >= 11 is 4.03. The number of piperidine rings is 1. The number of Topliss-reactive ketones (excluding diaryl/α,β-unsaturated/α-hetero) is 1. The first-order valence-electron chi connectivity index (χ1n) is 11.9. The van der Waals surface area contributed by atoms with E-state index in [9.17, 15) is 9.59 Å². The largest absolute Gasteiger partial charge is 0.486 e. The molecule has 7 rings (SSSR count). The number of halogens is 1. The Bertz CT molecular complexity index is 908. The van der Waals surface area contributed by atoms with E-state index in [0.29, 0.717) is 61.1 Å². The van der Waals surface area contributed by atoms with Crippen molar-refractivity contribution in [3.8, 4) is 11.5 Å². The molecule has 166 valence electrons. The maximum Gasteiger partial charge on any atom is 0.228 e. The number of fused-ring (bicyclic) bond motifs is 1. The molecule has 0 spiro atoms. The second kappa shape index (κ2) is 7.23. The standard InChI is InChI=1S/C25H30BrNO4/c26-25-13-16-9-17(14-25)12-24(11-16,15-25)23(29)27-5-3-18(4-6-27)22(28)19-1-2-20-21(10-19)31-8-7-30-20/h1-2,10,16-18H,3-9,11-15H2. The quantitative estimate of drug-likeness (QED) is 0.461. The highest BCUT2D eigenvalue weighted by Gasteiger charge is 2.60. The molecule has 0 radical (unpaired) electrons. The number of alkyl halides is 1. The molecule has 0 aromatic heterocycles. The van der Waals surface area contributed by atoms with Crippen LogP contribution >= 0.6 is 15.9 Å². The molecular weight excluding hydrogens is 458 g/mol. The molecule has 1 aromatic carbocycles. The average molecular weight is 488 g/mol. The van der Waals surface area contributed by atoms with Crippen molar-refractivity contribution in [1.29, 1.82) is 0 Å². The number of likely N-dealkylation sites (tertiary alicyclic amines) is 1. The molecule has 2 unspecified atom stereocenters. The number of nitrogens with zero attached hydrogens (tertiary/aromatic N) is 1. The number of rotatable bonds is 3. The summed E-state index contributed by atoms with van der Waals surface area (Å²) in [4.78, 5) is 28.9. The fourth-order valence-electron chi connectivity index (χ4n) is 7.51. The second-order valence-corrected chi connectivity index (χ2v) is 12.4. The van der Waals surface area contributed by atoms with Crippen LogP contribution < -0.4 is 9.47 Å². The Kier molecular flexibility index (Phi) is 4.68. The maximum atomic E-state index is 13.7. The summed E-state index contributed by atoms with van der Waals surface area (Å²) in [6.07, 6.45) is 8.45. The van der Waals surface area contributed by atoms with Crippen molar-refractivity contribution in [2.24, 2.45) is 23.2 Å². The number of ether oxygens (including phenoxy) is 2. The van der Waals surface area contributed by atoms with Crippen LogP contribution in [-0.2, 0) is 4.79 Å². The fourth-order valence-corrected chi connectivity index (χ4v) is 8.97. The van der Waals surface area contributed by atoms with Gasteiger partial charge in [-0.15, -0.1) is 0 Å². The summed E-state index contributed by atoms with van der Waals surface area (Å²) in [6, 6.07) is 5.50. The Morgan fingerprint density at radius 3 is 2.32 bits per heavy atom. The molecule has 6 aliphatic rings. The first kappa shape index (κ1) is 20.1. The highest BCUT2D eigenvalue weighted by molar-refractivity contribution is 9.10. The van der Waals surface area contributed by atoms with Gasteiger partial charge in [0, 0.05) is 28.9 Å². The van der Waals surface area contributed by atoms with E-state index in [-0.39, 0.29) is 21.4 Å². The zero-order valence-electron chi connectivity index (χ0n) is 17.9. The summed E-state index contributed by atoms with van der Waals surface area (Å²) in [5.41, 5.74) is 0.539. The summed E-state index contributed by atoms with van der Waals surface area (Å²) in [5.74, 6) is 3.30. The molecular formula is C25H30BrNO4. The molecule has 1 saturated heterocycles. The van der Waals surface area contributed by atoms with Gasteiger partial charge in [0.2, 0.25) is 5.91 Å². The van der Waals surface area contributed by atoms with Crippen LogP contribution in [0, 0.1) is 23.2 Å². The van der Waals surface area contributed by atoms with Gasteiger partial charge < -0.3 is 14.4 Å². The van der Waals surface area contributed by atoms with Crippen molar-refractivity contribution >= 4 is 27.6 Å². The number of carbonyl (C=O) groups excluding carboxylic acids is 2. The van der Waals surface area contributed by atoms with Gasteiger partial charge in [-0.2, -0.15) is 0 Å². The third-order valence-electron chi connectivity index (χ3n) is 8.42. The Hall–Kier alpha value is -1.56. The van der Waals surface area contributed by atoms with Crippen molar-refractivity contribution in [3.05, 3.63) is 23.8 Å². The van der Waals surface area contributed by atoms with Gasteiger partial charge in [-0.05, 0) is 81.4 Å². The molecule has 2 aliphatic heterocycles. The molecule has 4 bridgehead atoms. The zero-order chi connectivity index (χ0) is 21.2. The maximum absolute atomic E-state index is 13.7. The summed E-state index contributed by atoms with van der Waals surface area (Å²) in [5, 5.41) is 0. The predicted octanol–water partition coefficient (Wildman–Crippen LogP) is 4.61. The van der Waals surface area contributed by atoms with Gasteiger partial charge in [-0.3, -0.25) is 9.59 Å². The van der Waals surface area contributed by atoms with Gasteiger partial charge in [-0.25, -0.2) is 0 Å². The molecule has 4 saturated carbocycles. The third kappa shape index (κ3) is 3.40. The molecule has 2 heterocycles. The van der Waals surface area contributed by atoms with Crippen LogP contribution in [0.2, 0.25) is 0 Å². The smallest absolute Gasteiger partial charge is 0.228 e. The van der Waals surface area contributed by atoms with Crippen molar-refractivity contribution < 1.29 is 19.1 Å². The van der Waals surface area contributed by atoms with Crippen LogP contribution in [0.1, 0.15) is 61.7 Å². The van der Waals surface area contributed by atoms with Crippen molar-refractivity contribution in [1.82, 2.24) is 4.90 Å². The summed E-state index contributed by atoms with van der Waals surface area (Å²) in [6.45, 7) is 2.47. The van der Waals surface area contributed by atoms with Crippen LogP contribution in [-0.4, -0.2) is 47.2 Å². The summed E-state index contributed by atoms with van der Waals surface area (Å²) < 4.78 is 11.4. The minimum atomic E-state index is -0.153. The van der Waals surface area contributed by atoms with E-state index < -0.39 is 0 Å². The number of ketones is 1. The van der Waals surface area contributed by atoms with E-state index in [4.69, 9.17) is 9.47 Å². The Labute approximate surface area is 192 Å². The Morgan fingerprint density at radius 2 is 1.65 bits per heavy atom. The van der Waals surface area contributed by atoms with E-state index in [0.717, 1.165) is 32.1 Å². The van der Waals surface area contributed by atoms with Crippen molar-refractivity contribution in [2.45, 2.75) is 55.7 Å². The highest BCUT2D eigenvalue weighted by atomic mass is 79.9. The molecule has 31 heavy (non-hydrogen) atoms. The van der Waals surface area contributed by atoms with Gasteiger partial charge in [0.05, 0.1) is 5.41 Å². The predicted molar refractivity (Wildman–Crippen MR) is 120 cm³/mol. The first-order chi connectivity index (χ1) is 14.9. The molecule has 5 nitrogen and oxygen atoms in total. The van der Waals surface area contributed by atoms with Gasteiger partial charge in [0.1, 0.15) is 13.2 Å². The number of hydrogen-bond donors (Lipinski definition) is 0. The lowest BCUT2D eigenvalue weighted by atomic mass is 9.49. The van der Waals surface area contributed by atoms with Crippen LogP contribution in [0.3, 0.4) is 0 Å². The van der Waals surface area contributed by atoms with Gasteiger partial charge in [0.15, 0.2) is 17.3 Å². The first-order valence-corrected chi connectivity index (χ1v) is 12.6. The zero-order valence-corrected chi connectivity index (χ0v) is 19.5. The van der Waals surface area contributed by atoms with E-state index in [1.165, 1.54) is 19.3 Å². The fraction of sp³-hybridized carbons (Fsp3) is 0.680.